The lowest BCUT2D eigenvalue weighted by Gasteiger charge is -2.28. The number of carbonyl (C=O) groups is 2. The second-order valence-electron chi connectivity index (χ2n) is 7.25. The third-order valence-electron chi connectivity index (χ3n) is 5.19. The van der Waals surface area contributed by atoms with Crippen LogP contribution in [0.4, 0.5) is 18.0 Å². The summed E-state index contributed by atoms with van der Waals surface area (Å²) >= 11 is 0. The molecule has 0 aromatic heterocycles. The highest BCUT2D eigenvalue weighted by atomic mass is 19.4. The van der Waals surface area contributed by atoms with E-state index in [1.54, 1.807) is 18.2 Å². The van der Waals surface area contributed by atoms with Gasteiger partial charge in [0.05, 0.1) is 19.2 Å². The number of nitrogens with zero attached hydrogens (tertiary/aromatic N) is 1. The molecular formula is C23H23F3N2O4. The lowest BCUT2D eigenvalue weighted by Crippen LogP contribution is -2.39. The molecule has 1 N–H and O–H groups in total. The van der Waals surface area contributed by atoms with Crippen molar-refractivity contribution in [2.24, 2.45) is 0 Å². The number of ether oxygens (including phenoxy) is 2. The van der Waals surface area contributed by atoms with E-state index in [1.165, 1.54) is 18.1 Å². The number of alkyl halides is 3. The molecule has 2 aromatic rings. The zero-order valence-electron chi connectivity index (χ0n) is 17.4. The molecule has 32 heavy (non-hydrogen) atoms. The molecule has 3 rings (SSSR count). The summed E-state index contributed by atoms with van der Waals surface area (Å²) in [6, 6.07) is 12.4. The molecule has 2 atom stereocenters. The molecule has 0 fully saturated rings. The first-order valence-corrected chi connectivity index (χ1v) is 9.88. The summed E-state index contributed by atoms with van der Waals surface area (Å²) in [4.78, 5) is 25.9. The molecule has 2 aromatic carbocycles. The fourth-order valence-electron chi connectivity index (χ4n) is 3.70. The molecule has 2 amide bonds. The number of amides is 2. The van der Waals surface area contributed by atoms with Crippen LogP contribution in [0, 0.1) is 0 Å². The Morgan fingerprint density at radius 2 is 1.91 bits per heavy atom. The minimum Gasteiger partial charge on any atom is -0.497 e. The van der Waals surface area contributed by atoms with Crippen molar-refractivity contribution >= 4 is 12.0 Å². The van der Waals surface area contributed by atoms with E-state index in [4.69, 9.17) is 9.47 Å². The summed E-state index contributed by atoms with van der Waals surface area (Å²) in [5.41, 5.74) is 1.86. The molecule has 6 nitrogen and oxygen atoms in total. The van der Waals surface area contributed by atoms with E-state index in [2.05, 4.69) is 6.58 Å². The van der Waals surface area contributed by atoms with Crippen LogP contribution in [0.25, 0.3) is 0 Å². The van der Waals surface area contributed by atoms with E-state index in [9.17, 15) is 22.8 Å². The van der Waals surface area contributed by atoms with Crippen LogP contribution in [0.2, 0.25) is 0 Å². The highest BCUT2D eigenvalue weighted by Crippen LogP contribution is 2.44. The van der Waals surface area contributed by atoms with Gasteiger partial charge in [0.1, 0.15) is 12.4 Å². The second kappa shape index (κ2) is 9.76. The van der Waals surface area contributed by atoms with E-state index in [1.807, 2.05) is 35.6 Å². The summed E-state index contributed by atoms with van der Waals surface area (Å²) in [5.74, 6) is -1.61. The van der Waals surface area contributed by atoms with Gasteiger partial charge in [-0.3, -0.25) is 9.69 Å². The van der Waals surface area contributed by atoms with Crippen LogP contribution in [0.1, 0.15) is 35.2 Å². The maximum Gasteiger partial charge on any atom is 0.471 e. The fourth-order valence-corrected chi connectivity index (χ4v) is 3.70. The van der Waals surface area contributed by atoms with Gasteiger partial charge >= 0.3 is 18.2 Å². The number of hydrogen-bond donors (Lipinski definition) is 1. The largest absolute Gasteiger partial charge is 0.497 e. The molecule has 0 saturated heterocycles. The predicted molar refractivity (Wildman–Crippen MR) is 111 cm³/mol. The molecule has 170 valence electrons. The fraction of sp³-hybridized carbons (Fsp3) is 0.304. The minimum atomic E-state index is -5.02. The topological polar surface area (TPSA) is 67.9 Å². The van der Waals surface area contributed by atoms with Crippen LogP contribution in [0.3, 0.4) is 0 Å². The number of fused-ring (bicyclic) bond motifs is 1. The Morgan fingerprint density at radius 1 is 1.19 bits per heavy atom. The summed E-state index contributed by atoms with van der Waals surface area (Å²) < 4.78 is 49.2. The van der Waals surface area contributed by atoms with Gasteiger partial charge in [-0.1, -0.05) is 42.5 Å². The predicted octanol–water partition coefficient (Wildman–Crippen LogP) is 4.68. The number of carbonyl (C=O) groups excluding carboxylic acids is 2. The molecule has 0 spiro atoms. The number of nitrogens with one attached hydrogen (secondary N) is 1. The molecule has 9 heteroatoms. The molecule has 1 aliphatic carbocycles. The van der Waals surface area contributed by atoms with Gasteiger partial charge in [0.25, 0.3) is 0 Å². The van der Waals surface area contributed by atoms with E-state index in [0.717, 1.165) is 5.56 Å². The molecule has 0 aliphatic heterocycles. The average Bonchev–Trinajstić information content (AvgIpc) is 3.13. The van der Waals surface area contributed by atoms with Gasteiger partial charge in [-0.15, -0.1) is 6.58 Å². The van der Waals surface area contributed by atoms with Gasteiger partial charge < -0.3 is 14.8 Å². The number of methoxy groups -OCH3 is 1. The lowest BCUT2D eigenvalue weighted by atomic mass is 10.1. The van der Waals surface area contributed by atoms with Crippen molar-refractivity contribution in [3.8, 4) is 5.75 Å². The monoisotopic (exact) mass is 448 g/mol. The smallest absolute Gasteiger partial charge is 0.471 e. The van der Waals surface area contributed by atoms with Crippen LogP contribution in [0.15, 0.2) is 61.2 Å². The normalized spacial score (nSPS) is 17.2. The van der Waals surface area contributed by atoms with Crippen molar-refractivity contribution < 1.29 is 32.2 Å². The summed E-state index contributed by atoms with van der Waals surface area (Å²) in [6.45, 7) is 3.83. The summed E-state index contributed by atoms with van der Waals surface area (Å²) in [7, 11) is 1.43. The van der Waals surface area contributed by atoms with Gasteiger partial charge in [-0.25, -0.2) is 4.79 Å². The summed E-state index contributed by atoms with van der Waals surface area (Å²) in [5, 5.41) is 2.03. The minimum absolute atomic E-state index is 0.0454. The third-order valence-corrected chi connectivity index (χ3v) is 5.19. The molecular weight excluding hydrogens is 425 g/mol. The van der Waals surface area contributed by atoms with Crippen molar-refractivity contribution in [1.29, 1.82) is 0 Å². The number of rotatable bonds is 7. The number of hydrogen-bond acceptors (Lipinski definition) is 4. The zero-order valence-corrected chi connectivity index (χ0v) is 17.4. The van der Waals surface area contributed by atoms with E-state index in [-0.39, 0.29) is 19.6 Å². The van der Waals surface area contributed by atoms with Crippen LogP contribution in [-0.2, 0) is 16.1 Å². The van der Waals surface area contributed by atoms with Crippen LogP contribution < -0.4 is 10.1 Å². The first-order chi connectivity index (χ1) is 15.2. The highest BCUT2D eigenvalue weighted by Gasteiger charge is 2.43. The van der Waals surface area contributed by atoms with Crippen LogP contribution >= 0.6 is 0 Å². The van der Waals surface area contributed by atoms with Gasteiger partial charge in [0, 0.05) is 6.54 Å². The van der Waals surface area contributed by atoms with Crippen molar-refractivity contribution in [2.45, 2.75) is 31.3 Å². The van der Waals surface area contributed by atoms with Crippen LogP contribution in [0.5, 0.6) is 5.75 Å². The first-order valence-electron chi connectivity index (χ1n) is 9.88. The quantitative estimate of drug-likeness (QED) is 0.625. The highest BCUT2D eigenvalue weighted by molar-refractivity contribution is 5.82. The second-order valence-corrected chi connectivity index (χ2v) is 7.25. The molecule has 0 bridgehead atoms. The third kappa shape index (κ3) is 5.22. The van der Waals surface area contributed by atoms with Gasteiger partial charge in [0.2, 0.25) is 0 Å². The van der Waals surface area contributed by atoms with Crippen molar-refractivity contribution in [3.05, 3.63) is 77.9 Å². The molecule has 0 unspecified atom stereocenters. The van der Waals surface area contributed by atoms with E-state index in [0.29, 0.717) is 16.9 Å². The zero-order chi connectivity index (χ0) is 23.3. The molecule has 0 radical (unpaired) electrons. The van der Waals surface area contributed by atoms with Crippen molar-refractivity contribution in [1.82, 2.24) is 10.2 Å². The molecule has 0 saturated carbocycles. The lowest BCUT2D eigenvalue weighted by molar-refractivity contribution is -0.174. The van der Waals surface area contributed by atoms with Crippen LogP contribution in [-0.4, -0.2) is 36.7 Å². The number of benzene rings is 2. The van der Waals surface area contributed by atoms with Crippen molar-refractivity contribution in [2.75, 3.05) is 13.7 Å². The number of halogens is 3. The Morgan fingerprint density at radius 3 is 2.53 bits per heavy atom. The maximum atomic E-state index is 12.9. The first kappa shape index (κ1) is 23.2. The average molecular weight is 448 g/mol. The van der Waals surface area contributed by atoms with Crippen molar-refractivity contribution in [3.63, 3.8) is 0 Å². The molecule has 1 aliphatic rings. The van der Waals surface area contributed by atoms with Gasteiger partial charge in [0.15, 0.2) is 0 Å². The standard InChI is InChI=1S/C23H23F3N2O4/c1-3-11-28(22(30)32-14-15-7-5-4-6-8-15)20-13-19(27-21(29)23(24,25)26)18-12-16(31-2)9-10-17(18)20/h3-10,12,19-20H,1,11,13-14H2,2H3,(H,27,29)/t19-,20-/m0/s1. The summed E-state index contributed by atoms with van der Waals surface area (Å²) in [6.07, 6.45) is -4.09. The van der Waals surface area contributed by atoms with Gasteiger partial charge in [-0.05, 0) is 35.2 Å². The van der Waals surface area contributed by atoms with E-state index < -0.39 is 30.3 Å². The Hall–Kier alpha value is -3.49. The maximum absolute atomic E-state index is 12.9. The van der Waals surface area contributed by atoms with Gasteiger partial charge in [-0.2, -0.15) is 13.2 Å². The molecule has 0 heterocycles. The Kier molecular flexibility index (Phi) is 7.07. The van der Waals surface area contributed by atoms with E-state index >= 15 is 0 Å². The Balaban J connectivity index is 1.86. The Bertz CT molecular complexity index is 979. The Labute approximate surface area is 183 Å². The SMILES string of the molecule is C=CCN(C(=O)OCc1ccccc1)[C@H]1C[C@H](NC(=O)C(F)(F)F)c2cc(OC)ccc21.